The Hall–Kier alpha value is -1.07. The van der Waals surface area contributed by atoms with Crippen LogP contribution in [0.2, 0.25) is 10.0 Å². The van der Waals surface area contributed by atoms with E-state index in [1.165, 1.54) is 0 Å². The number of nitrogens with two attached hydrogens (primary N) is 1. The summed E-state index contributed by atoms with van der Waals surface area (Å²) in [4.78, 5) is 4.04. The molecule has 1 fully saturated rings. The lowest BCUT2D eigenvalue weighted by Gasteiger charge is -2.16. The smallest absolute Gasteiger partial charge is 0.243 e. The van der Waals surface area contributed by atoms with Crippen LogP contribution in [0.1, 0.15) is 24.9 Å². The summed E-state index contributed by atoms with van der Waals surface area (Å²) in [6, 6.07) is 4.58. The van der Waals surface area contributed by atoms with Crippen LogP contribution in [0.15, 0.2) is 23.2 Å². The van der Waals surface area contributed by atoms with Gasteiger partial charge in [-0.05, 0) is 31.0 Å². The lowest BCUT2D eigenvalue weighted by atomic mass is 10.1. The van der Waals surface area contributed by atoms with Crippen LogP contribution in [0.3, 0.4) is 0 Å². The molecule has 0 spiro atoms. The van der Waals surface area contributed by atoms with Crippen LogP contribution >= 0.6 is 23.2 Å². The van der Waals surface area contributed by atoms with Crippen molar-refractivity contribution in [2.45, 2.75) is 31.9 Å². The van der Waals surface area contributed by atoms with Crippen LogP contribution in [0.4, 0.5) is 8.78 Å². The summed E-state index contributed by atoms with van der Waals surface area (Å²) < 4.78 is 24.8. The van der Waals surface area contributed by atoms with Gasteiger partial charge < -0.3 is 11.1 Å². The highest BCUT2D eigenvalue weighted by molar-refractivity contribution is 6.35. The Morgan fingerprint density at radius 3 is 2.70 bits per heavy atom. The zero-order valence-corrected chi connectivity index (χ0v) is 12.3. The summed E-state index contributed by atoms with van der Waals surface area (Å²) in [5, 5.41) is 4.01. The molecule has 0 heterocycles. The average Bonchev–Trinajstić information content (AvgIpc) is 3.07. The van der Waals surface area contributed by atoms with Gasteiger partial charge in [-0.15, -0.1) is 0 Å². The first kappa shape index (κ1) is 15.3. The largest absolute Gasteiger partial charge is 0.370 e. The van der Waals surface area contributed by atoms with E-state index in [2.05, 4.69) is 10.3 Å². The molecule has 1 saturated carbocycles. The quantitative estimate of drug-likeness (QED) is 0.657. The molecule has 110 valence electrons. The van der Waals surface area contributed by atoms with E-state index in [1.54, 1.807) is 18.2 Å². The van der Waals surface area contributed by atoms with E-state index in [4.69, 9.17) is 28.9 Å². The molecule has 1 unspecified atom stereocenters. The summed E-state index contributed by atoms with van der Waals surface area (Å²) in [5.41, 5.74) is 6.54. The minimum atomic E-state index is -2.33. The number of hydrogen-bond acceptors (Lipinski definition) is 1. The highest BCUT2D eigenvalue weighted by Crippen LogP contribution is 2.38. The van der Waals surface area contributed by atoms with Crippen molar-refractivity contribution >= 4 is 29.2 Å². The molecule has 1 aromatic rings. The molecule has 0 aliphatic heterocycles. The molecule has 3 N–H and O–H groups in total. The van der Waals surface area contributed by atoms with Gasteiger partial charge in [-0.1, -0.05) is 29.3 Å². The fourth-order valence-corrected chi connectivity index (χ4v) is 2.56. The molecule has 0 bridgehead atoms. The topological polar surface area (TPSA) is 50.4 Å². The minimum absolute atomic E-state index is 0.150. The normalized spacial score (nSPS) is 23.8. The number of rotatable bonds is 4. The van der Waals surface area contributed by atoms with E-state index in [9.17, 15) is 8.78 Å². The Bertz CT molecular complexity index is 522. The first-order valence-corrected chi connectivity index (χ1v) is 6.97. The second-order valence-corrected chi connectivity index (χ2v) is 5.69. The number of benzene rings is 1. The Morgan fingerprint density at radius 1 is 1.45 bits per heavy atom. The predicted octanol–water partition coefficient (Wildman–Crippen LogP) is 3.61. The van der Waals surface area contributed by atoms with Crippen LogP contribution in [0, 0.1) is 5.92 Å². The summed E-state index contributed by atoms with van der Waals surface area (Å²) in [6.45, 7) is 1.86. The first-order chi connectivity index (χ1) is 9.38. The molecule has 0 radical (unpaired) electrons. The van der Waals surface area contributed by atoms with Crippen molar-refractivity contribution in [1.29, 1.82) is 0 Å². The lowest BCUT2D eigenvalue weighted by molar-refractivity contribution is 0.121. The molecule has 3 atom stereocenters. The molecule has 0 saturated heterocycles. The zero-order valence-electron chi connectivity index (χ0n) is 10.8. The van der Waals surface area contributed by atoms with Crippen molar-refractivity contribution in [3.05, 3.63) is 33.8 Å². The lowest BCUT2D eigenvalue weighted by Crippen LogP contribution is -2.34. The van der Waals surface area contributed by atoms with E-state index in [1.807, 2.05) is 6.92 Å². The van der Waals surface area contributed by atoms with Crippen LogP contribution < -0.4 is 11.1 Å². The van der Waals surface area contributed by atoms with Crippen LogP contribution in [-0.4, -0.2) is 18.4 Å². The second kappa shape index (κ2) is 6.14. The fourth-order valence-electron chi connectivity index (χ4n) is 1.99. The van der Waals surface area contributed by atoms with Crippen LogP contribution in [0.5, 0.6) is 0 Å². The molecule has 0 amide bonds. The maximum atomic E-state index is 12.4. The van der Waals surface area contributed by atoms with Gasteiger partial charge in [-0.3, -0.25) is 0 Å². The Balaban J connectivity index is 1.97. The van der Waals surface area contributed by atoms with Crippen molar-refractivity contribution in [3.8, 4) is 0 Å². The minimum Gasteiger partial charge on any atom is -0.370 e. The highest BCUT2D eigenvalue weighted by atomic mass is 35.5. The molecular formula is C13H15Cl2F2N3. The number of nitrogens with zero attached hydrogens (tertiary/aromatic N) is 1. The third-order valence-electron chi connectivity index (χ3n) is 3.23. The highest BCUT2D eigenvalue weighted by Gasteiger charge is 2.44. The van der Waals surface area contributed by atoms with Crippen LogP contribution in [0.25, 0.3) is 0 Å². The molecule has 20 heavy (non-hydrogen) atoms. The van der Waals surface area contributed by atoms with Crippen molar-refractivity contribution in [2.75, 3.05) is 0 Å². The molecule has 1 aromatic carbocycles. The van der Waals surface area contributed by atoms with Gasteiger partial charge in [0.2, 0.25) is 6.43 Å². The molecule has 1 aliphatic rings. The standard InChI is InChI=1S/C13H15Cl2F2N3/c1-6(8-3-2-7(14)4-10(8)15)19-13(18)20-11-5-9(11)12(16)17/h2-4,6,9,11-12H,5H2,1H3,(H3,18,19,20)/t6?,9-,11-/m0/s1. The monoisotopic (exact) mass is 321 g/mol. The van der Waals surface area contributed by atoms with Gasteiger partial charge in [0.1, 0.15) is 0 Å². The third kappa shape index (κ3) is 3.73. The van der Waals surface area contributed by atoms with E-state index >= 15 is 0 Å². The predicted molar refractivity (Wildman–Crippen MR) is 77.5 cm³/mol. The van der Waals surface area contributed by atoms with Crippen molar-refractivity contribution in [1.82, 2.24) is 5.32 Å². The number of alkyl halides is 2. The number of hydrogen-bond donors (Lipinski definition) is 2. The van der Waals surface area contributed by atoms with Crippen molar-refractivity contribution in [2.24, 2.45) is 16.6 Å². The molecule has 7 heteroatoms. The SMILES string of the molecule is CC(NC(N)=N[C@H]1C[C@@H]1C(F)F)c1ccc(Cl)cc1Cl. The first-order valence-electron chi connectivity index (χ1n) is 6.21. The number of nitrogens with one attached hydrogen (secondary N) is 1. The Labute approximate surface area is 126 Å². The number of halogens is 4. The van der Waals surface area contributed by atoms with Crippen molar-refractivity contribution in [3.63, 3.8) is 0 Å². The third-order valence-corrected chi connectivity index (χ3v) is 3.79. The van der Waals surface area contributed by atoms with E-state index in [-0.39, 0.29) is 18.0 Å². The fraction of sp³-hybridized carbons (Fsp3) is 0.462. The van der Waals surface area contributed by atoms with E-state index in [0.29, 0.717) is 16.5 Å². The van der Waals surface area contributed by atoms with Gasteiger partial charge >= 0.3 is 0 Å². The van der Waals surface area contributed by atoms with Crippen molar-refractivity contribution < 1.29 is 8.78 Å². The van der Waals surface area contributed by atoms with Gasteiger partial charge in [0.25, 0.3) is 0 Å². The van der Waals surface area contributed by atoms with Gasteiger partial charge in [0.15, 0.2) is 5.96 Å². The van der Waals surface area contributed by atoms with Gasteiger partial charge in [0.05, 0.1) is 12.1 Å². The maximum Gasteiger partial charge on any atom is 0.243 e. The Morgan fingerprint density at radius 2 is 2.15 bits per heavy atom. The maximum absolute atomic E-state index is 12.4. The van der Waals surface area contributed by atoms with Gasteiger partial charge in [-0.25, -0.2) is 13.8 Å². The van der Waals surface area contributed by atoms with Gasteiger partial charge in [-0.2, -0.15) is 0 Å². The van der Waals surface area contributed by atoms with E-state index in [0.717, 1.165) is 5.56 Å². The molecular weight excluding hydrogens is 307 g/mol. The summed E-state index contributed by atoms with van der Waals surface area (Å²) >= 11 is 11.9. The van der Waals surface area contributed by atoms with E-state index < -0.39 is 12.3 Å². The zero-order chi connectivity index (χ0) is 14.9. The van der Waals surface area contributed by atoms with Gasteiger partial charge in [0, 0.05) is 16.0 Å². The molecule has 0 aromatic heterocycles. The number of guanidine groups is 1. The Kier molecular flexibility index (Phi) is 4.70. The number of aliphatic imine (C=N–C) groups is 1. The summed E-state index contributed by atoms with van der Waals surface area (Å²) in [7, 11) is 0. The molecule has 3 nitrogen and oxygen atoms in total. The molecule has 1 aliphatic carbocycles. The summed E-state index contributed by atoms with van der Waals surface area (Å²) in [6.07, 6.45) is -1.95. The van der Waals surface area contributed by atoms with Crippen LogP contribution in [-0.2, 0) is 0 Å². The summed E-state index contributed by atoms with van der Waals surface area (Å²) in [5.74, 6) is -0.513. The average molecular weight is 322 g/mol. The second-order valence-electron chi connectivity index (χ2n) is 4.85. The molecule has 2 rings (SSSR count).